The fraction of sp³-hybridized carbons (Fsp3) is 0.792. The van der Waals surface area contributed by atoms with Gasteiger partial charge in [-0.2, -0.15) is 0 Å². The highest BCUT2D eigenvalue weighted by molar-refractivity contribution is 5.86. The van der Waals surface area contributed by atoms with Gasteiger partial charge in [0.2, 0.25) is 5.91 Å². The number of amides is 2. The summed E-state index contributed by atoms with van der Waals surface area (Å²) in [5.74, 6) is 0.0561. The number of methoxy groups -OCH3 is 1. The fourth-order valence-electron chi connectivity index (χ4n) is 3.81. The first kappa shape index (κ1) is 27.0. The number of alkyl carbamates (subject to hydrolysis) is 1. The van der Waals surface area contributed by atoms with Crippen LogP contribution in [-0.2, 0) is 19.1 Å². The van der Waals surface area contributed by atoms with Crippen LogP contribution in [0.25, 0.3) is 0 Å². The zero-order valence-corrected chi connectivity index (χ0v) is 19.9. The summed E-state index contributed by atoms with van der Waals surface area (Å²) in [6.45, 7) is 9.29. The van der Waals surface area contributed by atoms with Crippen molar-refractivity contribution in [2.45, 2.75) is 78.7 Å². The number of allylic oxidation sites excluding steroid dienone is 2. The van der Waals surface area contributed by atoms with Gasteiger partial charge in [-0.1, -0.05) is 39.8 Å². The van der Waals surface area contributed by atoms with E-state index < -0.39 is 18.1 Å². The number of cyclic esters (lactones) is 1. The summed E-state index contributed by atoms with van der Waals surface area (Å²) in [6, 6.07) is -0.679. The van der Waals surface area contributed by atoms with E-state index in [1.807, 2.05) is 0 Å². The van der Waals surface area contributed by atoms with Crippen LogP contribution in [0.5, 0.6) is 0 Å². The third-order valence-corrected chi connectivity index (χ3v) is 5.48. The number of esters is 1. The molecule has 1 rings (SSSR count). The number of carbonyl (C=O) groups is 3. The molecule has 1 fully saturated rings. The van der Waals surface area contributed by atoms with Crippen LogP contribution in [0.15, 0.2) is 12.2 Å². The summed E-state index contributed by atoms with van der Waals surface area (Å²) in [4.78, 5) is 37.4. The van der Waals surface area contributed by atoms with Crippen LogP contribution in [0.2, 0.25) is 0 Å². The third-order valence-electron chi connectivity index (χ3n) is 5.48. The molecule has 0 aromatic carbocycles. The molecule has 0 saturated carbocycles. The third kappa shape index (κ3) is 11.2. The van der Waals surface area contributed by atoms with Gasteiger partial charge in [0.1, 0.15) is 6.04 Å². The molecule has 0 spiro atoms. The lowest BCUT2D eigenvalue weighted by Crippen LogP contribution is -2.46. The largest absolute Gasteiger partial charge is 0.467 e. The summed E-state index contributed by atoms with van der Waals surface area (Å²) < 4.78 is 10.2. The second-order valence-corrected chi connectivity index (χ2v) is 9.17. The Morgan fingerprint density at radius 2 is 1.84 bits per heavy atom. The predicted octanol–water partition coefficient (Wildman–Crippen LogP) is 4.22. The van der Waals surface area contributed by atoms with Gasteiger partial charge in [0, 0.05) is 12.5 Å². The lowest BCUT2D eigenvalue weighted by Gasteiger charge is -2.28. The SMILES string of the molecule is COC(=O)C1CCCCNC(=O)OCCCCC(/C=C/C(C)C)C(CC(C)C)C(=O)N1. The van der Waals surface area contributed by atoms with Crippen LogP contribution < -0.4 is 10.6 Å². The Balaban J connectivity index is 3.10. The maximum atomic E-state index is 13.3. The molecule has 7 heteroatoms. The van der Waals surface area contributed by atoms with E-state index in [0.717, 1.165) is 25.7 Å². The summed E-state index contributed by atoms with van der Waals surface area (Å²) in [6.07, 6.45) is 8.89. The van der Waals surface area contributed by atoms with E-state index in [2.05, 4.69) is 50.5 Å². The topological polar surface area (TPSA) is 93.7 Å². The minimum absolute atomic E-state index is 0.0600. The number of nitrogens with one attached hydrogen (secondary N) is 2. The highest BCUT2D eigenvalue weighted by Crippen LogP contribution is 2.28. The normalized spacial score (nSPS) is 25.2. The molecule has 1 heterocycles. The number of ether oxygens (including phenoxy) is 2. The van der Waals surface area contributed by atoms with Crippen molar-refractivity contribution in [1.29, 1.82) is 0 Å². The van der Waals surface area contributed by atoms with Gasteiger partial charge in [-0.05, 0) is 62.7 Å². The van der Waals surface area contributed by atoms with Crippen molar-refractivity contribution < 1.29 is 23.9 Å². The van der Waals surface area contributed by atoms with E-state index in [0.29, 0.717) is 44.2 Å². The molecule has 0 bridgehead atoms. The molecule has 2 amide bonds. The molecule has 178 valence electrons. The number of rotatable bonds is 5. The van der Waals surface area contributed by atoms with Crippen LogP contribution in [0.4, 0.5) is 4.79 Å². The van der Waals surface area contributed by atoms with Gasteiger partial charge in [0.05, 0.1) is 13.7 Å². The minimum Gasteiger partial charge on any atom is -0.467 e. The van der Waals surface area contributed by atoms with Crippen LogP contribution in [0.3, 0.4) is 0 Å². The molecule has 0 aromatic heterocycles. The minimum atomic E-state index is -0.679. The average Bonchev–Trinajstić information content (AvgIpc) is 2.71. The Kier molecular flexibility index (Phi) is 12.9. The van der Waals surface area contributed by atoms with Gasteiger partial charge >= 0.3 is 12.1 Å². The molecule has 1 saturated heterocycles. The van der Waals surface area contributed by atoms with Gasteiger partial charge in [-0.25, -0.2) is 9.59 Å². The Bertz CT molecular complexity index is 589. The Hall–Kier alpha value is -2.05. The van der Waals surface area contributed by atoms with E-state index in [1.165, 1.54) is 7.11 Å². The van der Waals surface area contributed by atoms with Gasteiger partial charge in [-0.3, -0.25) is 4.79 Å². The fourth-order valence-corrected chi connectivity index (χ4v) is 3.81. The van der Waals surface area contributed by atoms with Crippen LogP contribution in [0.1, 0.15) is 72.6 Å². The summed E-state index contributed by atoms with van der Waals surface area (Å²) in [7, 11) is 1.34. The molecule has 1 aliphatic rings. The van der Waals surface area contributed by atoms with Gasteiger partial charge < -0.3 is 20.1 Å². The number of carbonyl (C=O) groups excluding carboxylic acids is 3. The lowest BCUT2D eigenvalue weighted by molar-refractivity contribution is -0.146. The predicted molar refractivity (Wildman–Crippen MR) is 121 cm³/mol. The Labute approximate surface area is 187 Å². The monoisotopic (exact) mass is 438 g/mol. The van der Waals surface area contributed by atoms with Crippen LogP contribution >= 0.6 is 0 Å². The molecular weight excluding hydrogens is 396 g/mol. The Morgan fingerprint density at radius 3 is 2.48 bits per heavy atom. The van der Waals surface area contributed by atoms with Gasteiger partial charge in [-0.15, -0.1) is 0 Å². The zero-order valence-electron chi connectivity index (χ0n) is 19.9. The van der Waals surface area contributed by atoms with Crippen molar-refractivity contribution >= 4 is 18.0 Å². The summed E-state index contributed by atoms with van der Waals surface area (Å²) >= 11 is 0. The van der Waals surface area contributed by atoms with Gasteiger partial charge in [0.25, 0.3) is 0 Å². The number of hydrogen-bond acceptors (Lipinski definition) is 5. The van der Waals surface area contributed by atoms with E-state index in [4.69, 9.17) is 9.47 Å². The molecule has 0 radical (unpaired) electrons. The van der Waals surface area contributed by atoms with Crippen LogP contribution in [-0.4, -0.2) is 44.3 Å². The van der Waals surface area contributed by atoms with Crippen molar-refractivity contribution in [3.8, 4) is 0 Å². The quantitative estimate of drug-likeness (QED) is 0.495. The highest BCUT2D eigenvalue weighted by atomic mass is 16.5. The molecule has 1 aliphatic heterocycles. The second-order valence-electron chi connectivity index (χ2n) is 9.17. The molecule has 3 unspecified atom stereocenters. The molecule has 31 heavy (non-hydrogen) atoms. The van der Waals surface area contributed by atoms with E-state index >= 15 is 0 Å². The van der Waals surface area contributed by atoms with Crippen molar-refractivity contribution in [2.75, 3.05) is 20.3 Å². The maximum absolute atomic E-state index is 13.3. The lowest BCUT2D eigenvalue weighted by atomic mass is 9.81. The molecule has 7 nitrogen and oxygen atoms in total. The molecule has 3 atom stereocenters. The molecule has 2 N–H and O–H groups in total. The van der Waals surface area contributed by atoms with E-state index in [9.17, 15) is 14.4 Å². The van der Waals surface area contributed by atoms with Crippen molar-refractivity contribution in [3.63, 3.8) is 0 Å². The second kappa shape index (κ2) is 14.9. The summed E-state index contributed by atoms with van der Waals surface area (Å²) in [5.41, 5.74) is 0. The first-order chi connectivity index (χ1) is 14.7. The molecule has 0 aromatic rings. The average molecular weight is 439 g/mol. The molecule has 0 aliphatic carbocycles. The smallest absolute Gasteiger partial charge is 0.407 e. The Morgan fingerprint density at radius 1 is 1.13 bits per heavy atom. The maximum Gasteiger partial charge on any atom is 0.407 e. The zero-order chi connectivity index (χ0) is 23.2. The highest BCUT2D eigenvalue weighted by Gasteiger charge is 2.31. The molecular formula is C24H42N2O5. The van der Waals surface area contributed by atoms with Crippen LogP contribution in [0, 0.1) is 23.7 Å². The summed E-state index contributed by atoms with van der Waals surface area (Å²) in [5, 5.41) is 5.70. The van der Waals surface area contributed by atoms with Crippen molar-refractivity contribution in [2.24, 2.45) is 23.7 Å². The first-order valence-corrected chi connectivity index (χ1v) is 11.7. The van der Waals surface area contributed by atoms with Crippen molar-refractivity contribution in [1.82, 2.24) is 10.6 Å². The van der Waals surface area contributed by atoms with Gasteiger partial charge in [0.15, 0.2) is 0 Å². The number of hydrogen-bond donors (Lipinski definition) is 2. The van der Waals surface area contributed by atoms with E-state index in [-0.39, 0.29) is 17.7 Å². The first-order valence-electron chi connectivity index (χ1n) is 11.7. The van der Waals surface area contributed by atoms with Crippen molar-refractivity contribution in [3.05, 3.63) is 12.2 Å². The standard InChI is InChI=1S/C24H42N2O5/c1-17(2)12-13-19-10-7-9-15-31-24(29)25-14-8-6-11-21(23(28)30-5)26-22(27)20(19)16-18(3)4/h12-13,17-21H,6-11,14-16H2,1-5H3,(H,25,29)(H,26,27)/b13-12+. The van der Waals surface area contributed by atoms with E-state index in [1.54, 1.807) is 0 Å².